The van der Waals surface area contributed by atoms with Gasteiger partial charge in [-0.15, -0.1) is 0 Å². The normalized spacial score (nSPS) is 10.6. The van der Waals surface area contributed by atoms with Gasteiger partial charge in [-0.05, 0) is 56.7 Å². The van der Waals surface area contributed by atoms with Gasteiger partial charge in [0, 0.05) is 5.39 Å². The molecule has 0 spiro atoms. The van der Waals surface area contributed by atoms with Crippen molar-refractivity contribution < 1.29 is 18.9 Å². The second-order valence-corrected chi connectivity index (χ2v) is 6.19. The van der Waals surface area contributed by atoms with E-state index in [0.29, 0.717) is 17.2 Å². The molecule has 0 atom stereocenters. The van der Waals surface area contributed by atoms with Crippen LogP contribution in [0.2, 0.25) is 0 Å². The van der Waals surface area contributed by atoms with Crippen LogP contribution in [0.5, 0.6) is 23.0 Å². The van der Waals surface area contributed by atoms with Crippen molar-refractivity contribution in [1.29, 1.82) is 0 Å². The van der Waals surface area contributed by atoms with Crippen molar-refractivity contribution in [2.24, 2.45) is 0 Å². The maximum Gasteiger partial charge on any atom is 0.203 e. The van der Waals surface area contributed by atoms with E-state index in [4.69, 9.17) is 18.9 Å². The maximum atomic E-state index is 5.48. The Hall–Kier alpha value is -2.40. The molecule has 0 saturated heterocycles. The van der Waals surface area contributed by atoms with Gasteiger partial charge in [0.05, 0.1) is 32.9 Å². The fraction of sp³-hybridized carbons (Fsp3) is 0.200. The van der Waals surface area contributed by atoms with Crippen molar-refractivity contribution in [2.45, 2.75) is 0 Å². The Morgan fingerprint density at radius 2 is 1.32 bits per heavy atom. The zero-order valence-corrected chi connectivity index (χ0v) is 16.1. The number of ether oxygens (including phenoxy) is 4. The number of hydrogen-bond acceptors (Lipinski definition) is 4. The summed E-state index contributed by atoms with van der Waals surface area (Å²) in [5.74, 6) is 2.63. The minimum absolute atomic E-state index is 0.580. The molecule has 130 valence electrons. The van der Waals surface area contributed by atoms with Gasteiger partial charge in [-0.3, -0.25) is 0 Å². The molecule has 0 unspecified atom stereocenters. The van der Waals surface area contributed by atoms with Crippen molar-refractivity contribution in [1.82, 2.24) is 0 Å². The average molecular weight is 403 g/mol. The smallest absolute Gasteiger partial charge is 0.203 e. The largest absolute Gasteiger partial charge is 0.496 e. The molecular formula is C20H19BrO4. The fourth-order valence-corrected chi connectivity index (χ4v) is 3.59. The Balaban J connectivity index is 2.28. The van der Waals surface area contributed by atoms with E-state index in [0.717, 1.165) is 32.1 Å². The minimum Gasteiger partial charge on any atom is -0.496 e. The highest BCUT2D eigenvalue weighted by molar-refractivity contribution is 9.10. The Labute approximate surface area is 155 Å². The molecule has 3 aromatic carbocycles. The maximum absolute atomic E-state index is 5.48. The summed E-state index contributed by atoms with van der Waals surface area (Å²) < 4.78 is 22.7. The Kier molecular flexibility index (Phi) is 5.04. The van der Waals surface area contributed by atoms with Crippen LogP contribution in [0.3, 0.4) is 0 Å². The summed E-state index contributed by atoms with van der Waals surface area (Å²) in [4.78, 5) is 0. The van der Waals surface area contributed by atoms with Gasteiger partial charge in [0.25, 0.3) is 0 Å². The Morgan fingerprint density at radius 3 is 1.88 bits per heavy atom. The van der Waals surface area contributed by atoms with E-state index in [1.54, 1.807) is 28.4 Å². The number of hydrogen-bond donors (Lipinski definition) is 0. The van der Waals surface area contributed by atoms with Gasteiger partial charge in [-0.1, -0.05) is 18.2 Å². The van der Waals surface area contributed by atoms with Gasteiger partial charge in [-0.2, -0.15) is 0 Å². The topological polar surface area (TPSA) is 36.9 Å². The van der Waals surface area contributed by atoms with Crippen LogP contribution in [-0.4, -0.2) is 28.4 Å². The highest BCUT2D eigenvalue weighted by Crippen LogP contribution is 2.44. The van der Waals surface area contributed by atoms with Gasteiger partial charge in [0.2, 0.25) is 5.75 Å². The van der Waals surface area contributed by atoms with Crippen molar-refractivity contribution in [2.75, 3.05) is 28.4 Å². The summed E-state index contributed by atoms with van der Waals surface area (Å²) in [6, 6.07) is 14.1. The number of fused-ring (bicyclic) bond motifs is 1. The first-order valence-corrected chi connectivity index (χ1v) is 8.49. The zero-order valence-electron chi connectivity index (χ0n) is 14.6. The third-order valence-electron chi connectivity index (χ3n) is 4.16. The molecule has 0 aliphatic heterocycles. The van der Waals surface area contributed by atoms with Crippen LogP contribution in [-0.2, 0) is 0 Å². The number of rotatable bonds is 5. The lowest BCUT2D eigenvalue weighted by molar-refractivity contribution is 0.324. The summed E-state index contributed by atoms with van der Waals surface area (Å²) >= 11 is 3.63. The monoisotopic (exact) mass is 402 g/mol. The van der Waals surface area contributed by atoms with E-state index in [1.165, 1.54) is 0 Å². The number of benzene rings is 3. The molecule has 5 heteroatoms. The van der Waals surface area contributed by atoms with Crippen LogP contribution >= 0.6 is 15.9 Å². The zero-order chi connectivity index (χ0) is 18.0. The molecular weight excluding hydrogens is 384 g/mol. The van der Waals surface area contributed by atoms with Crippen LogP contribution in [0.25, 0.3) is 21.9 Å². The van der Waals surface area contributed by atoms with Crippen LogP contribution < -0.4 is 18.9 Å². The summed E-state index contributed by atoms with van der Waals surface area (Å²) in [7, 11) is 6.49. The molecule has 0 N–H and O–H groups in total. The first kappa shape index (κ1) is 17.4. The predicted octanol–water partition coefficient (Wildman–Crippen LogP) is 5.30. The lowest BCUT2D eigenvalue weighted by atomic mass is 9.97. The second kappa shape index (κ2) is 7.23. The molecule has 25 heavy (non-hydrogen) atoms. The van der Waals surface area contributed by atoms with Crippen LogP contribution in [0.15, 0.2) is 46.9 Å². The summed E-state index contributed by atoms with van der Waals surface area (Å²) in [5, 5.41) is 2.18. The third kappa shape index (κ3) is 3.00. The fourth-order valence-electron chi connectivity index (χ4n) is 2.95. The van der Waals surface area contributed by atoms with E-state index in [1.807, 2.05) is 24.3 Å². The van der Waals surface area contributed by atoms with E-state index in [2.05, 4.69) is 34.1 Å². The van der Waals surface area contributed by atoms with Gasteiger partial charge in [-0.25, -0.2) is 0 Å². The summed E-state index contributed by atoms with van der Waals surface area (Å²) in [5.41, 5.74) is 2.05. The molecule has 0 radical (unpaired) electrons. The molecule has 0 fully saturated rings. The van der Waals surface area contributed by atoms with Crippen LogP contribution in [0.1, 0.15) is 0 Å². The summed E-state index contributed by atoms with van der Waals surface area (Å²) in [6.45, 7) is 0. The van der Waals surface area contributed by atoms with Crippen molar-refractivity contribution in [3.05, 3.63) is 46.9 Å². The van der Waals surface area contributed by atoms with Gasteiger partial charge >= 0.3 is 0 Å². The molecule has 4 nitrogen and oxygen atoms in total. The van der Waals surface area contributed by atoms with Crippen LogP contribution in [0, 0.1) is 0 Å². The van der Waals surface area contributed by atoms with Crippen molar-refractivity contribution >= 4 is 26.7 Å². The molecule has 0 amide bonds. The number of halogens is 1. The second-order valence-electron chi connectivity index (χ2n) is 5.40. The SMILES string of the molecule is COc1cc(-c2cccc3c(Br)c(OC)ccc23)cc(OC)c1OC. The van der Waals surface area contributed by atoms with E-state index >= 15 is 0 Å². The lowest BCUT2D eigenvalue weighted by Gasteiger charge is -2.16. The Morgan fingerprint density at radius 1 is 0.680 bits per heavy atom. The quantitative estimate of drug-likeness (QED) is 0.579. The Bertz CT molecular complexity index is 896. The van der Waals surface area contributed by atoms with Gasteiger partial charge < -0.3 is 18.9 Å². The van der Waals surface area contributed by atoms with Gasteiger partial charge in [0.15, 0.2) is 11.5 Å². The first-order valence-electron chi connectivity index (χ1n) is 7.70. The van der Waals surface area contributed by atoms with E-state index in [-0.39, 0.29) is 0 Å². The highest BCUT2D eigenvalue weighted by Gasteiger charge is 2.16. The molecule has 3 aromatic rings. The molecule has 0 heterocycles. The molecule has 3 rings (SSSR count). The number of methoxy groups -OCH3 is 4. The predicted molar refractivity (Wildman–Crippen MR) is 103 cm³/mol. The average Bonchev–Trinajstić information content (AvgIpc) is 2.66. The molecule has 0 aliphatic rings. The van der Waals surface area contributed by atoms with E-state index in [9.17, 15) is 0 Å². The van der Waals surface area contributed by atoms with E-state index < -0.39 is 0 Å². The standard InChI is InChI=1S/C20H19BrO4/c1-22-16-9-8-14-13(6-5-7-15(14)19(16)21)12-10-17(23-2)20(25-4)18(11-12)24-3/h5-11H,1-4H3. The molecule has 0 saturated carbocycles. The van der Waals surface area contributed by atoms with Crippen molar-refractivity contribution in [3.8, 4) is 34.1 Å². The first-order chi connectivity index (χ1) is 12.1. The third-order valence-corrected chi connectivity index (χ3v) is 4.97. The molecule has 0 bridgehead atoms. The summed E-state index contributed by atoms with van der Waals surface area (Å²) in [6.07, 6.45) is 0. The van der Waals surface area contributed by atoms with Crippen LogP contribution in [0.4, 0.5) is 0 Å². The van der Waals surface area contributed by atoms with Crippen molar-refractivity contribution in [3.63, 3.8) is 0 Å². The molecule has 0 aliphatic carbocycles. The molecule has 0 aromatic heterocycles. The minimum atomic E-state index is 0.580. The highest BCUT2D eigenvalue weighted by atomic mass is 79.9. The lowest BCUT2D eigenvalue weighted by Crippen LogP contribution is -1.96. The van der Waals surface area contributed by atoms with Gasteiger partial charge in [0.1, 0.15) is 5.75 Å².